The topological polar surface area (TPSA) is 411 Å². The Morgan fingerprint density at radius 1 is 0.551 bits per heavy atom. The molecule has 0 unspecified atom stereocenters. The van der Waals surface area contributed by atoms with E-state index in [-0.39, 0.29) is 96.1 Å². The molecule has 89 heavy (non-hydrogen) atoms. The number of hydrogen-bond donors (Lipinski definition) is 16. The van der Waals surface area contributed by atoms with Crippen LogP contribution >= 0.6 is 23.2 Å². The largest absolute Gasteiger partial charge is 0.508 e. The number of nitrogens with one attached hydrogen (secondary N) is 8. The molecule has 28 heteroatoms. The number of amides is 7. The second-order valence-electron chi connectivity index (χ2n) is 21.2. The van der Waals surface area contributed by atoms with E-state index in [0.29, 0.717) is 5.56 Å². The average molecular weight is 1260 g/mol. The third kappa shape index (κ3) is 11.7. The predicted octanol–water partition coefficient (Wildman–Crippen LogP) is 4.37. The highest BCUT2D eigenvalue weighted by Gasteiger charge is 2.41. The molecule has 7 aromatic carbocycles. The van der Waals surface area contributed by atoms with Gasteiger partial charge in [0.05, 0.1) is 15.6 Å². The van der Waals surface area contributed by atoms with Crippen molar-refractivity contribution in [2.75, 3.05) is 14.1 Å². The van der Waals surface area contributed by atoms with Gasteiger partial charge >= 0.3 is 0 Å². The van der Waals surface area contributed by atoms with Gasteiger partial charge in [-0.1, -0.05) is 47.5 Å². The Kier molecular flexibility index (Phi) is 16.2. The number of likely N-dealkylation sites (N-methyl/N-ethyl adjacent to an activating group) is 1. The fourth-order valence-electron chi connectivity index (χ4n) is 10.8. The molecule has 6 aliphatic rings. The second kappa shape index (κ2) is 24.0. The van der Waals surface area contributed by atoms with E-state index in [1.807, 2.05) is 0 Å². The molecule has 0 spiro atoms. The maximum atomic E-state index is 15.8. The van der Waals surface area contributed by atoms with Crippen molar-refractivity contribution in [3.05, 3.63) is 164 Å². The van der Waals surface area contributed by atoms with Gasteiger partial charge in [-0.25, -0.2) is 0 Å². The number of phenols is 6. The van der Waals surface area contributed by atoms with Gasteiger partial charge in [0, 0.05) is 37.2 Å². The Balaban J connectivity index is 1.15. The molecule has 7 amide bonds. The number of aliphatic hydroxyl groups is 1. The standard InChI is InChI=1S/C61H53Cl2N9O17/c1-65-22-33-39(76)21-32-45(53(33)78)31-15-25(5-7-37(31)74)47-58(83)72-51(61(86)71-50(32)57(82)66-2)52(77)26-6-10-41(35(63)16-26)89-44-19-28-18-43(54(44)79)88-40-9-3-23(11-34(40)62)12-36-55(80)68-48(59(84)70-49(28)60(85)69-47)27-13-29(73)20-30(14-27)87-42-17-24(4-8-38(42)75)46(64)56(81)67-36/h3-11,13-21,36,46-52,65,73-79H,12,22,64H2,1-2H3,(H,66,82)(H,67,81)(H,68,80)(H,69,85)(H,70,84)(H,71,86)(H,72,83)/t36-,46+,47-,48+,49-,50+,51+,52-/m1/s1. The lowest BCUT2D eigenvalue weighted by atomic mass is 9.87. The summed E-state index contributed by atoms with van der Waals surface area (Å²) in [5.41, 5.74) is 4.85. The highest BCUT2D eigenvalue weighted by molar-refractivity contribution is 6.32. The Hall–Kier alpha value is -10.5. The quantitative estimate of drug-likeness (QED) is 0.117. The van der Waals surface area contributed by atoms with E-state index in [0.717, 1.165) is 48.5 Å². The molecular weight excluding hydrogens is 1200 g/mol. The molecule has 26 nitrogen and oxygen atoms in total. The minimum atomic E-state index is -2.16. The van der Waals surface area contributed by atoms with Crippen LogP contribution in [0.25, 0.3) is 11.1 Å². The first-order valence-corrected chi connectivity index (χ1v) is 27.9. The van der Waals surface area contributed by atoms with Crippen molar-refractivity contribution in [3.63, 3.8) is 0 Å². The SMILES string of the molecule is CNCc1c(O)cc2c(c1O)-c1cc(ccc1O)[C@H]1NC(=O)[C@@H]3NC(=O)[C@H]4NC(=O)[C@@H](Cc5ccc(c(Cl)c5)Oc5cc3cc(c5O)Oc3ccc(cc3Cl)[C@@H](O)[C@H](NC1=O)C(=O)N[C@@H]2C(=O)NC)NC(=O)[C@@H](N)c1ccc(O)c(c1)Oc1cc(O)cc4c1. The van der Waals surface area contributed by atoms with Crippen molar-refractivity contribution in [1.29, 1.82) is 0 Å². The molecule has 0 saturated carbocycles. The summed E-state index contributed by atoms with van der Waals surface area (Å²) in [4.78, 5) is 105. The number of aliphatic hydroxyl groups excluding tert-OH is 1. The van der Waals surface area contributed by atoms with E-state index in [2.05, 4.69) is 42.5 Å². The molecule has 17 N–H and O–H groups in total. The summed E-state index contributed by atoms with van der Waals surface area (Å²) in [6.07, 6.45) is -2.42. The van der Waals surface area contributed by atoms with Crippen LogP contribution in [0.3, 0.4) is 0 Å². The zero-order valence-electron chi connectivity index (χ0n) is 46.5. The van der Waals surface area contributed by atoms with Crippen molar-refractivity contribution >= 4 is 64.6 Å². The second-order valence-corrected chi connectivity index (χ2v) is 22.0. The van der Waals surface area contributed by atoms with Crippen molar-refractivity contribution in [2.24, 2.45) is 5.73 Å². The number of carbonyl (C=O) groups excluding carboxylic acids is 7. The molecule has 6 heterocycles. The number of fused-ring (bicyclic) bond motifs is 14. The van der Waals surface area contributed by atoms with Gasteiger partial charge in [-0.3, -0.25) is 33.6 Å². The highest BCUT2D eigenvalue weighted by atomic mass is 35.5. The van der Waals surface area contributed by atoms with Crippen LogP contribution in [0.4, 0.5) is 0 Å². The van der Waals surface area contributed by atoms with Gasteiger partial charge in [-0.05, 0) is 125 Å². The maximum absolute atomic E-state index is 15.8. The van der Waals surface area contributed by atoms with E-state index in [1.54, 1.807) is 0 Å². The highest BCUT2D eigenvalue weighted by Crippen LogP contribution is 2.49. The smallest absolute Gasteiger partial charge is 0.248 e. The molecule has 8 atom stereocenters. The molecule has 0 saturated heterocycles. The summed E-state index contributed by atoms with van der Waals surface area (Å²) in [5.74, 6) is -13.4. The normalized spacial score (nSPS) is 21.6. The van der Waals surface area contributed by atoms with Gasteiger partial charge < -0.3 is 98.2 Å². The van der Waals surface area contributed by atoms with Crippen LogP contribution < -0.4 is 62.5 Å². The predicted molar refractivity (Wildman–Crippen MR) is 314 cm³/mol. The molecule has 0 radical (unpaired) electrons. The summed E-state index contributed by atoms with van der Waals surface area (Å²) in [5, 5.41) is 102. The molecule has 6 aliphatic heterocycles. The van der Waals surface area contributed by atoms with Crippen LogP contribution in [0, 0.1) is 0 Å². The first-order chi connectivity index (χ1) is 42.5. The number of carbonyl (C=O) groups is 7. The lowest BCUT2D eigenvalue weighted by Gasteiger charge is -2.31. The third-order valence-electron chi connectivity index (χ3n) is 15.3. The van der Waals surface area contributed by atoms with Crippen LogP contribution in [0.15, 0.2) is 109 Å². The van der Waals surface area contributed by atoms with Crippen molar-refractivity contribution < 1.29 is 83.5 Å². The number of halogens is 2. The minimum absolute atomic E-state index is 0.119. The Morgan fingerprint density at radius 3 is 1.81 bits per heavy atom. The number of benzene rings is 7. The summed E-state index contributed by atoms with van der Waals surface area (Å²) >= 11 is 13.8. The van der Waals surface area contributed by atoms with Gasteiger partial charge in [0.2, 0.25) is 47.1 Å². The zero-order valence-corrected chi connectivity index (χ0v) is 48.0. The van der Waals surface area contributed by atoms with Crippen LogP contribution in [0.5, 0.6) is 69.0 Å². The van der Waals surface area contributed by atoms with E-state index in [1.165, 1.54) is 74.8 Å². The van der Waals surface area contributed by atoms with Crippen molar-refractivity contribution in [1.82, 2.24) is 42.5 Å². The third-order valence-corrected chi connectivity index (χ3v) is 15.9. The lowest BCUT2D eigenvalue weighted by molar-refractivity contribution is -0.137. The first kappa shape index (κ1) is 60.2. The van der Waals surface area contributed by atoms with Crippen molar-refractivity contribution in [3.8, 4) is 80.1 Å². The lowest BCUT2D eigenvalue weighted by Crippen LogP contribution is -2.55. The van der Waals surface area contributed by atoms with E-state index in [4.69, 9.17) is 43.1 Å². The van der Waals surface area contributed by atoms with Crippen LogP contribution in [0.2, 0.25) is 10.0 Å². The van der Waals surface area contributed by atoms with Gasteiger partial charge in [0.15, 0.2) is 23.0 Å². The molecular formula is C61H53Cl2N9O17. The summed E-state index contributed by atoms with van der Waals surface area (Å²) < 4.78 is 18.5. The Bertz CT molecular complexity index is 4150. The monoisotopic (exact) mass is 1250 g/mol. The van der Waals surface area contributed by atoms with E-state index >= 15 is 14.4 Å². The van der Waals surface area contributed by atoms with Gasteiger partial charge in [-0.15, -0.1) is 0 Å². The van der Waals surface area contributed by atoms with Crippen molar-refractivity contribution in [2.45, 2.75) is 61.4 Å². The number of aromatic hydroxyl groups is 6. The van der Waals surface area contributed by atoms with Crippen LogP contribution in [0.1, 0.15) is 80.8 Å². The fourth-order valence-corrected chi connectivity index (χ4v) is 11.3. The van der Waals surface area contributed by atoms with Gasteiger partial charge in [0.25, 0.3) is 0 Å². The molecule has 0 aromatic heterocycles. The maximum Gasteiger partial charge on any atom is 0.248 e. The Morgan fingerprint density at radius 2 is 1.15 bits per heavy atom. The zero-order chi connectivity index (χ0) is 63.4. The number of rotatable bonds is 3. The number of ether oxygens (including phenoxy) is 3. The average Bonchev–Trinajstić information content (AvgIpc) is 0.892. The van der Waals surface area contributed by atoms with Gasteiger partial charge in [0.1, 0.15) is 88.6 Å². The van der Waals surface area contributed by atoms with Crippen LogP contribution in [-0.2, 0) is 46.5 Å². The molecule has 0 aliphatic carbocycles. The molecule has 17 bridgehead atoms. The Labute approximate surface area is 513 Å². The molecule has 7 aromatic rings. The summed E-state index contributed by atoms with van der Waals surface area (Å²) in [6.45, 7) is -0.196. The van der Waals surface area contributed by atoms with E-state index < -0.39 is 136 Å². The number of phenolic OH excluding ortho intramolecular Hbond substituents is 6. The van der Waals surface area contributed by atoms with Gasteiger partial charge in [-0.2, -0.15) is 0 Å². The summed E-state index contributed by atoms with van der Waals surface area (Å²) in [7, 11) is 2.72. The minimum Gasteiger partial charge on any atom is -0.508 e. The summed E-state index contributed by atoms with van der Waals surface area (Å²) in [6, 6.07) is 8.45. The van der Waals surface area contributed by atoms with E-state index in [9.17, 15) is 54.9 Å². The molecule has 13 rings (SSSR count). The number of hydrogen-bond acceptors (Lipinski definition) is 19. The fraction of sp³-hybridized carbons (Fsp3) is 0.197. The molecule has 0 fully saturated rings. The van der Waals surface area contributed by atoms with Crippen LogP contribution in [-0.4, -0.2) is 103 Å². The first-order valence-electron chi connectivity index (χ1n) is 27.2. The molecule has 458 valence electrons. The number of nitrogens with two attached hydrogens (primary N) is 1.